The van der Waals surface area contributed by atoms with Crippen molar-refractivity contribution in [1.82, 2.24) is 5.32 Å². The van der Waals surface area contributed by atoms with E-state index < -0.39 is 0 Å². The van der Waals surface area contributed by atoms with Crippen LogP contribution in [0.25, 0.3) is 0 Å². The molecule has 3 nitrogen and oxygen atoms in total. The van der Waals surface area contributed by atoms with E-state index in [4.69, 9.17) is 0 Å². The van der Waals surface area contributed by atoms with Gasteiger partial charge in [-0.3, -0.25) is 4.79 Å². The number of rotatable bonds is 1. The van der Waals surface area contributed by atoms with E-state index in [0.717, 1.165) is 5.69 Å². The Morgan fingerprint density at radius 2 is 1.74 bits per heavy atom. The molecular weight excluding hydrogens is 236 g/mol. The van der Waals surface area contributed by atoms with Gasteiger partial charge in [0.15, 0.2) is 0 Å². The van der Waals surface area contributed by atoms with Gasteiger partial charge in [-0.25, -0.2) is 0 Å². The number of nitrogens with zero attached hydrogens (tertiary/aromatic N) is 1. The molecule has 3 heteroatoms. The fourth-order valence-corrected chi connectivity index (χ4v) is 2.33. The van der Waals surface area contributed by atoms with Crippen molar-refractivity contribution in [2.45, 2.75) is 45.6 Å². The number of nitrogens with one attached hydrogen (secondary N) is 1. The van der Waals surface area contributed by atoms with Gasteiger partial charge in [0.2, 0.25) is 5.91 Å². The van der Waals surface area contributed by atoms with Crippen LogP contribution in [-0.2, 0) is 10.2 Å². The number of piperazine rings is 1. The van der Waals surface area contributed by atoms with E-state index in [1.165, 1.54) is 5.56 Å². The molecule has 1 aromatic rings. The minimum atomic E-state index is -0.0311. The highest BCUT2D eigenvalue weighted by molar-refractivity contribution is 5.95. The number of hydrogen-bond acceptors (Lipinski definition) is 2. The number of hydrogen-bond donors (Lipinski definition) is 1. The lowest BCUT2D eigenvalue weighted by atomic mass is 9.87. The molecule has 0 aliphatic carbocycles. The molecule has 0 radical (unpaired) electrons. The smallest absolute Gasteiger partial charge is 0.241 e. The SMILES string of the molecule is CC1(C)CN(c2ccc(C(C)(C)C)cc2)C(=O)CN1. The quantitative estimate of drug-likeness (QED) is 0.842. The zero-order valence-corrected chi connectivity index (χ0v) is 12.6. The summed E-state index contributed by atoms with van der Waals surface area (Å²) in [5.74, 6) is 0.142. The Hall–Kier alpha value is -1.35. The molecule has 1 saturated heterocycles. The molecule has 104 valence electrons. The van der Waals surface area contributed by atoms with E-state index in [1.54, 1.807) is 0 Å². The second-order valence-corrected chi connectivity index (χ2v) is 7.01. The van der Waals surface area contributed by atoms with E-state index in [1.807, 2.05) is 4.90 Å². The van der Waals surface area contributed by atoms with Crippen molar-refractivity contribution in [2.75, 3.05) is 18.0 Å². The van der Waals surface area contributed by atoms with Crippen LogP contribution in [0.3, 0.4) is 0 Å². The molecule has 1 fully saturated rings. The molecule has 1 aliphatic heterocycles. The van der Waals surface area contributed by atoms with Crippen LogP contribution in [0.15, 0.2) is 24.3 Å². The van der Waals surface area contributed by atoms with Crippen LogP contribution in [0.1, 0.15) is 40.2 Å². The summed E-state index contributed by atoms with van der Waals surface area (Å²) >= 11 is 0. The fourth-order valence-electron chi connectivity index (χ4n) is 2.33. The highest BCUT2D eigenvalue weighted by atomic mass is 16.2. The molecule has 0 atom stereocenters. The van der Waals surface area contributed by atoms with E-state index in [-0.39, 0.29) is 16.9 Å². The Balaban J connectivity index is 2.24. The summed E-state index contributed by atoms with van der Waals surface area (Å²) in [4.78, 5) is 13.9. The van der Waals surface area contributed by atoms with Gasteiger partial charge >= 0.3 is 0 Å². The van der Waals surface area contributed by atoms with Crippen molar-refractivity contribution < 1.29 is 4.79 Å². The fraction of sp³-hybridized carbons (Fsp3) is 0.562. The van der Waals surface area contributed by atoms with Crippen LogP contribution in [0.4, 0.5) is 5.69 Å². The average Bonchev–Trinajstić information content (AvgIpc) is 2.31. The molecule has 0 aromatic heterocycles. The van der Waals surface area contributed by atoms with Crippen LogP contribution < -0.4 is 10.2 Å². The van der Waals surface area contributed by atoms with Crippen molar-refractivity contribution >= 4 is 11.6 Å². The second kappa shape index (κ2) is 4.64. The van der Waals surface area contributed by atoms with Gasteiger partial charge in [0.05, 0.1) is 6.54 Å². The molecule has 1 aromatic carbocycles. The molecule has 19 heavy (non-hydrogen) atoms. The minimum Gasteiger partial charge on any atom is -0.309 e. The van der Waals surface area contributed by atoms with Gasteiger partial charge in [0.1, 0.15) is 0 Å². The van der Waals surface area contributed by atoms with Gasteiger partial charge in [-0.05, 0) is 37.0 Å². The first-order chi connectivity index (χ1) is 8.69. The van der Waals surface area contributed by atoms with Crippen molar-refractivity contribution in [3.8, 4) is 0 Å². The van der Waals surface area contributed by atoms with Crippen LogP contribution in [0.2, 0.25) is 0 Å². The predicted molar refractivity (Wildman–Crippen MR) is 79.6 cm³/mol. The van der Waals surface area contributed by atoms with Gasteiger partial charge in [0.25, 0.3) is 0 Å². The molecule has 0 saturated carbocycles. The lowest BCUT2D eigenvalue weighted by molar-refractivity contribution is -0.119. The number of benzene rings is 1. The van der Waals surface area contributed by atoms with Crippen molar-refractivity contribution in [1.29, 1.82) is 0 Å². The predicted octanol–water partition coefficient (Wildman–Crippen LogP) is 2.70. The summed E-state index contributed by atoms with van der Waals surface area (Å²) in [5, 5.41) is 3.25. The van der Waals surface area contributed by atoms with E-state index in [2.05, 4.69) is 64.2 Å². The third-order valence-corrected chi connectivity index (χ3v) is 3.62. The molecule has 1 N–H and O–H groups in total. The summed E-state index contributed by atoms with van der Waals surface area (Å²) in [7, 11) is 0. The van der Waals surface area contributed by atoms with E-state index >= 15 is 0 Å². The van der Waals surface area contributed by atoms with Crippen LogP contribution >= 0.6 is 0 Å². The largest absolute Gasteiger partial charge is 0.309 e. The Morgan fingerprint density at radius 1 is 1.16 bits per heavy atom. The molecule has 0 bridgehead atoms. The maximum atomic E-state index is 12.0. The first-order valence-corrected chi connectivity index (χ1v) is 6.85. The summed E-state index contributed by atoms with van der Waals surface area (Å²) in [6.07, 6.45) is 0. The molecular formula is C16H24N2O. The normalized spacial score (nSPS) is 19.6. The van der Waals surface area contributed by atoms with E-state index in [9.17, 15) is 4.79 Å². The zero-order valence-electron chi connectivity index (χ0n) is 12.6. The topological polar surface area (TPSA) is 32.3 Å². The molecule has 2 rings (SSSR count). The number of amides is 1. The van der Waals surface area contributed by atoms with Gasteiger partial charge in [0, 0.05) is 17.8 Å². The van der Waals surface area contributed by atoms with Crippen LogP contribution in [-0.4, -0.2) is 24.5 Å². The first kappa shape index (κ1) is 14.1. The van der Waals surface area contributed by atoms with Gasteiger partial charge in [-0.15, -0.1) is 0 Å². The van der Waals surface area contributed by atoms with Crippen LogP contribution in [0, 0.1) is 0 Å². The molecule has 1 heterocycles. The lowest BCUT2D eigenvalue weighted by Gasteiger charge is -2.39. The molecule has 1 amide bonds. The number of carbonyl (C=O) groups excluding carboxylic acids is 1. The third-order valence-electron chi connectivity index (χ3n) is 3.62. The Kier molecular flexibility index (Phi) is 3.43. The second-order valence-electron chi connectivity index (χ2n) is 7.01. The highest BCUT2D eigenvalue weighted by Gasteiger charge is 2.31. The molecule has 0 unspecified atom stereocenters. The highest BCUT2D eigenvalue weighted by Crippen LogP contribution is 2.26. The summed E-state index contributed by atoms with van der Waals surface area (Å²) in [6.45, 7) is 11.9. The maximum absolute atomic E-state index is 12.0. The zero-order chi connectivity index (χ0) is 14.3. The van der Waals surface area contributed by atoms with E-state index in [0.29, 0.717) is 13.1 Å². The van der Waals surface area contributed by atoms with Crippen molar-refractivity contribution in [2.24, 2.45) is 0 Å². The first-order valence-electron chi connectivity index (χ1n) is 6.85. The maximum Gasteiger partial charge on any atom is 0.241 e. The van der Waals surface area contributed by atoms with Crippen molar-refractivity contribution in [3.63, 3.8) is 0 Å². The van der Waals surface area contributed by atoms with Gasteiger partial charge in [-0.1, -0.05) is 32.9 Å². The van der Waals surface area contributed by atoms with Gasteiger partial charge < -0.3 is 10.2 Å². The van der Waals surface area contributed by atoms with Gasteiger partial charge in [-0.2, -0.15) is 0 Å². The number of anilines is 1. The van der Waals surface area contributed by atoms with Crippen LogP contribution in [0.5, 0.6) is 0 Å². The monoisotopic (exact) mass is 260 g/mol. The standard InChI is InChI=1S/C16H24N2O/c1-15(2,3)12-6-8-13(9-7-12)18-11-16(4,5)17-10-14(18)19/h6-9,17H,10-11H2,1-5H3. The lowest BCUT2D eigenvalue weighted by Crippen LogP contribution is -2.59. The molecule has 0 spiro atoms. The average molecular weight is 260 g/mol. The third kappa shape index (κ3) is 3.16. The minimum absolute atomic E-state index is 0.0311. The Bertz CT molecular complexity index is 469. The molecule has 1 aliphatic rings. The van der Waals surface area contributed by atoms with Crippen molar-refractivity contribution in [3.05, 3.63) is 29.8 Å². The summed E-state index contributed by atoms with van der Waals surface area (Å²) in [6, 6.07) is 8.36. The summed E-state index contributed by atoms with van der Waals surface area (Å²) in [5.41, 5.74) is 2.40. The Morgan fingerprint density at radius 3 is 2.26 bits per heavy atom. The summed E-state index contributed by atoms with van der Waals surface area (Å²) < 4.78 is 0. The Labute approximate surface area is 116 Å². The number of carbonyl (C=O) groups is 1.